The molecule has 0 aromatic heterocycles. The Labute approximate surface area is 308 Å². The van der Waals surface area contributed by atoms with Crippen LogP contribution in [0.15, 0.2) is 140 Å². The molecule has 254 valence electrons. The van der Waals surface area contributed by atoms with Gasteiger partial charge in [0.15, 0.2) is 0 Å². The second-order valence-corrected chi connectivity index (χ2v) is 17.3. The van der Waals surface area contributed by atoms with Crippen molar-refractivity contribution in [2.24, 2.45) is 23.7 Å². The fraction of sp³-hybridized carbons (Fsp3) is 0.294. The molecule has 5 saturated carbocycles. The number of hydrogen-bond donors (Lipinski definition) is 0. The van der Waals surface area contributed by atoms with E-state index in [0.717, 1.165) is 23.7 Å². The molecule has 2 spiro atoms. The van der Waals surface area contributed by atoms with E-state index in [1.54, 1.807) is 22.3 Å². The van der Waals surface area contributed by atoms with Crippen LogP contribution < -0.4 is 4.90 Å². The Balaban J connectivity index is 1.05. The van der Waals surface area contributed by atoms with Crippen molar-refractivity contribution in [2.45, 2.75) is 68.6 Å². The van der Waals surface area contributed by atoms with E-state index < -0.39 is 0 Å². The SMILES string of the molecule is c1ccc(-c2ccc(N(c3ccc4c(c3)-c3ccccc3C43CCCC3)c3ccc4c(c3)C3(c5ccccc5-4)C4CC5CC(C4)CC3C5)cc2)cc1. The molecule has 52 heavy (non-hydrogen) atoms. The van der Waals surface area contributed by atoms with Gasteiger partial charge in [-0.1, -0.05) is 116 Å². The summed E-state index contributed by atoms with van der Waals surface area (Å²) in [5, 5.41) is 0. The van der Waals surface area contributed by atoms with Gasteiger partial charge in [0.25, 0.3) is 0 Å². The normalized spacial score (nSPS) is 26.4. The van der Waals surface area contributed by atoms with E-state index in [0.29, 0.717) is 0 Å². The molecular formula is C51H45N. The van der Waals surface area contributed by atoms with E-state index in [4.69, 9.17) is 0 Å². The number of nitrogens with zero attached hydrogens (tertiary/aromatic N) is 1. The van der Waals surface area contributed by atoms with E-state index in [2.05, 4.69) is 144 Å². The van der Waals surface area contributed by atoms with Gasteiger partial charge in [-0.2, -0.15) is 0 Å². The van der Waals surface area contributed by atoms with Crippen LogP contribution in [0.3, 0.4) is 0 Å². The molecule has 1 heteroatoms. The first-order valence-corrected chi connectivity index (χ1v) is 20.2. The summed E-state index contributed by atoms with van der Waals surface area (Å²) < 4.78 is 0. The van der Waals surface area contributed by atoms with Crippen LogP contribution in [0.5, 0.6) is 0 Å². The van der Waals surface area contributed by atoms with E-state index in [1.165, 1.54) is 108 Å². The van der Waals surface area contributed by atoms with Crippen molar-refractivity contribution >= 4 is 17.1 Å². The van der Waals surface area contributed by atoms with Gasteiger partial charge in [0.05, 0.1) is 0 Å². The van der Waals surface area contributed by atoms with E-state index in [1.807, 2.05) is 0 Å². The summed E-state index contributed by atoms with van der Waals surface area (Å²) in [5.74, 6) is 3.37. The monoisotopic (exact) mass is 671 g/mol. The molecular weight excluding hydrogens is 627 g/mol. The summed E-state index contributed by atoms with van der Waals surface area (Å²) in [6.45, 7) is 0. The molecule has 7 aliphatic rings. The lowest BCUT2D eigenvalue weighted by molar-refractivity contribution is -0.0399. The molecule has 0 saturated heterocycles. The average molecular weight is 672 g/mol. The number of hydrogen-bond acceptors (Lipinski definition) is 1. The number of benzene rings is 6. The highest BCUT2D eigenvalue weighted by Crippen LogP contribution is 2.69. The molecule has 1 nitrogen and oxygen atoms in total. The smallest absolute Gasteiger partial charge is 0.0468 e. The van der Waals surface area contributed by atoms with Crippen LogP contribution in [0.1, 0.15) is 80.0 Å². The Kier molecular flexibility index (Phi) is 6.18. The van der Waals surface area contributed by atoms with Gasteiger partial charge in [0, 0.05) is 27.9 Å². The van der Waals surface area contributed by atoms with Gasteiger partial charge >= 0.3 is 0 Å². The van der Waals surface area contributed by atoms with Gasteiger partial charge in [-0.05, 0) is 161 Å². The Hall–Kier alpha value is -4.88. The first-order chi connectivity index (χ1) is 25.7. The van der Waals surface area contributed by atoms with E-state index >= 15 is 0 Å². The molecule has 0 atom stereocenters. The van der Waals surface area contributed by atoms with Gasteiger partial charge in [-0.25, -0.2) is 0 Å². The van der Waals surface area contributed by atoms with Gasteiger partial charge in [0.2, 0.25) is 0 Å². The lowest BCUT2D eigenvalue weighted by Gasteiger charge is -2.61. The van der Waals surface area contributed by atoms with Crippen LogP contribution in [-0.2, 0) is 10.8 Å². The van der Waals surface area contributed by atoms with Crippen molar-refractivity contribution in [1.82, 2.24) is 0 Å². The Morgan fingerprint density at radius 3 is 1.67 bits per heavy atom. The molecule has 6 aromatic carbocycles. The maximum Gasteiger partial charge on any atom is 0.0468 e. The van der Waals surface area contributed by atoms with Crippen LogP contribution in [0.2, 0.25) is 0 Å². The topological polar surface area (TPSA) is 3.24 Å². The van der Waals surface area contributed by atoms with E-state index in [-0.39, 0.29) is 10.8 Å². The van der Waals surface area contributed by atoms with Crippen molar-refractivity contribution in [3.63, 3.8) is 0 Å². The van der Waals surface area contributed by atoms with Crippen LogP contribution in [0.25, 0.3) is 33.4 Å². The summed E-state index contributed by atoms with van der Waals surface area (Å²) in [5.41, 5.74) is 18.8. The molecule has 7 aliphatic carbocycles. The van der Waals surface area contributed by atoms with Crippen molar-refractivity contribution < 1.29 is 0 Å². The van der Waals surface area contributed by atoms with Gasteiger partial charge in [-0.3, -0.25) is 0 Å². The molecule has 6 aromatic rings. The fourth-order valence-electron chi connectivity index (χ4n) is 13.3. The third-order valence-corrected chi connectivity index (χ3v) is 15.0. The zero-order valence-corrected chi connectivity index (χ0v) is 29.9. The standard InChI is InChI=1S/C51H45N/c1-2-10-35(11-3-1)36-16-18-39(19-17-36)52(40-21-23-47-45(31-40)43-13-4-6-14-46(43)50(47)24-8-9-25-50)41-20-22-44-42-12-5-7-15-48(42)51(49(44)32-41)37-27-33-26-34(29-37)30-38(51)28-33/h1-7,10-23,31-34,37-38H,8-9,24-30H2. The Morgan fingerprint density at radius 2 is 0.942 bits per heavy atom. The highest BCUT2D eigenvalue weighted by molar-refractivity contribution is 5.90. The van der Waals surface area contributed by atoms with E-state index in [9.17, 15) is 0 Å². The second kappa shape index (κ2) is 10.8. The predicted octanol–water partition coefficient (Wildman–Crippen LogP) is 13.4. The van der Waals surface area contributed by atoms with Crippen LogP contribution >= 0.6 is 0 Å². The Bertz CT molecular complexity index is 2350. The van der Waals surface area contributed by atoms with Gasteiger partial charge in [-0.15, -0.1) is 0 Å². The maximum atomic E-state index is 2.66. The van der Waals surface area contributed by atoms with Crippen molar-refractivity contribution in [3.8, 4) is 33.4 Å². The number of anilines is 3. The highest BCUT2D eigenvalue weighted by Gasteiger charge is 2.61. The highest BCUT2D eigenvalue weighted by atomic mass is 15.1. The second-order valence-electron chi connectivity index (χ2n) is 17.3. The van der Waals surface area contributed by atoms with Crippen molar-refractivity contribution in [3.05, 3.63) is 162 Å². The van der Waals surface area contributed by atoms with Crippen LogP contribution in [0.4, 0.5) is 17.1 Å². The fourth-order valence-corrected chi connectivity index (χ4v) is 13.3. The minimum atomic E-state index is 0.143. The van der Waals surface area contributed by atoms with Gasteiger partial charge in [0.1, 0.15) is 0 Å². The molecule has 0 unspecified atom stereocenters. The largest absolute Gasteiger partial charge is 0.310 e. The molecule has 0 aliphatic heterocycles. The third-order valence-electron chi connectivity index (χ3n) is 15.0. The molecule has 4 bridgehead atoms. The molecule has 13 rings (SSSR count). The summed E-state index contributed by atoms with van der Waals surface area (Å²) in [7, 11) is 0. The minimum Gasteiger partial charge on any atom is -0.310 e. The molecule has 0 radical (unpaired) electrons. The summed E-state index contributed by atoms with van der Waals surface area (Å²) >= 11 is 0. The first-order valence-electron chi connectivity index (χ1n) is 20.2. The number of fused-ring (bicyclic) bond motifs is 8. The lowest BCUT2D eigenvalue weighted by atomic mass is 9.43. The summed E-state index contributed by atoms with van der Waals surface area (Å²) in [6, 6.07) is 54.0. The minimum absolute atomic E-state index is 0.143. The van der Waals surface area contributed by atoms with Crippen molar-refractivity contribution in [2.75, 3.05) is 4.90 Å². The van der Waals surface area contributed by atoms with Crippen LogP contribution in [0, 0.1) is 23.7 Å². The lowest BCUT2D eigenvalue weighted by Crippen LogP contribution is -2.55. The van der Waals surface area contributed by atoms with Crippen molar-refractivity contribution in [1.29, 1.82) is 0 Å². The Morgan fingerprint density at radius 1 is 0.404 bits per heavy atom. The molecule has 5 fully saturated rings. The average Bonchev–Trinajstić information content (AvgIpc) is 3.87. The molecule has 0 amide bonds. The molecule has 0 N–H and O–H groups in total. The zero-order valence-electron chi connectivity index (χ0n) is 29.9. The molecule has 0 heterocycles. The maximum absolute atomic E-state index is 2.66. The third kappa shape index (κ3) is 3.90. The summed E-state index contributed by atoms with van der Waals surface area (Å²) in [4.78, 5) is 2.57. The van der Waals surface area contributed by atoms with Gasteiger partial charge < -0.3 is 4.90 Å². The first kappa shape index (κ1) is 29.7. The zero-order chi connectivity index (χ0) is 34.0. The number of rotatable bonds is 4. The predicted molar refractivity (Wildman–Crippen MR) is 215 cm³/mol. The van der Waals surface area contributed by atoms with Crippen LogP contribution in [-0.4, -0.2) is 0 Å². The summed E-state index contributed by atoms with van der Waals surface area (Å²) in [6.07, 6.45) is 12.3. The quantitative estimate of drug-likeness (QED) is 0.180.